The first-order valence-electron chi connectivity index (χ1n) is 10.2. The van der Waals surface area contributed by atoms with Crippen molar-refractivity contribution in [1.82, 2.24) is 34.4 Å². The Bertz CT molecular complexity index is 1160. The quantitative estimate of drug-likeness (QED) is 0.500. The van der Waals surface area contributed by atoms with Gasteiger partial charge in [-0.2, -0.15) is 5.10 Å². The molecule has 0 bridgehead atoms. The first kappa shape index (κ1) is 19.2. The molecule has 0 atom stereocenters. The Morgan fingerprint density at radius 1 is 1.23 bits per heavy atom. The topological polar surface area (TPSA) is 87.0 Å². The van der Waals surface area contributed by atoms with E-state index in [1.165, 1.54) is 12.8 Å². The number of likely N-dealkylation sites (tertiary alicyclic amines) is 1. The van der Waals surface area contributed by atoms with Crippen LogP contribution in [0.2, 0.25) is 0 Å². The van der Waals surface area contributed by atoms with Crippen molar-refractivity contribution in [3.05, 3.63) is 41.7 Å². The van der Waals surface area contributed by atoms with Crippen LogP contribution in [-0.4, -0.2) is 47.5 Å². The van der Waals surface area contributed by atoms with Gasteiger partial charge in [0.2, 0.25) is 0 Å². The second-order valence-corrected chi connectivity index (χ2v) is 9.89. The van der Waals surface area contributed by atoms with Gasteiger partial charge in [0.15, 0.2) is 11.5 Å². The zero-order chi connectivity index (χ0) is 20.7. The summed E-state index contributed by atoms with van der Waals surface area (Å²) in [5.41, 5.74) is 4.05. The number of piperidine rings is 1. The van der Waals surface area contributed by atoms with Gasteiger partial charge in [-0.3, -0.25) is 14.4 Å². The number of hydrogen-bond acceptors (Lipinski definition) is 7. The fourth-order valence-electron chi connectivity index (χ4n) is 4.23. The SMILES string of the molecule is Cc1cn2c(-c3cn[nH]c3)cnc2c(Nc2cnc(CN3CCCC(C)(C)C3)s2)n1. The van der Waals surface area contributed by atoms with Crippen molar-refractivity contribution in [2.45, 2.75) is 40.2 Å². The minimum absolute atomic E-state index is 0.390. The molecule has 1 saturated heterocycles. The highest BCUT2D eigenvalue weighted by Gasteiger charge is 2.26. The Hall–Kier alpha value is -2.78. The molecule has 5 rings (SSSR count). The number of aromatic nitrogens is 6. The van der Waals surface area contributed by atoms with Crippen LogP contribution in [0.3, 0.4) is 0 Å². The van der Waals surface area contributed by atoms with E-state index < -0.39 is 0 Å². The standard InChI is InChI=1S/C21H26N8S/c1-14-11-29-16(15-7-24-25-8-15)9-23-20(29)19(26-14)27-17-10-22-18(30-17)12-28-6-4-5-21(2,3)13-28/h7-11H,4-6,12-13H2,1-3H3,(H,24,25)(H,26,27). The molecular formula is C21H26N8S. The number of thiazole rings is 1. The molecule has 4 aromatic heterocycles. The molecular weight excluding hydrogens is 396 g/mol. The maximum absolute atomic E-state index is 4.69. The summed E-state index contributed by atoms with van der Waals surface area (Å²) in [6, 6.07) is 0. The minimum Gasteiger partial charge on any atom is -0.327 e. The molecule has 1 fully saturated rings. The predicted molar refractivity (Wildman–Crippen MR) is 119 cm³/mol. The molecule has 0 saturated carbocycles. The predicted octanol–water partition coefficient (Wildman–Crippen LogP) is 4.25. The second kappa shape index (κ2) is 7.48. The van der Waals surface area contributed by atoms with Crippen LogP contribution < -0.4 is 5.32 Å². The van der Waals surface area contributed by atoms with Gasteiger partial charge in [-0.1, -0.05) is 25.2 Å². The number of fused-ring (bicyclic) bond motifs is 1. The number of nitrogens with one attached hydrogen (secondary N) is 2. The highest BCUT2D eigenvalue weighted by molar-refractivity contribution is 7.15. The number of imidazole rings is 1. The van der Waals surface area contributed by atoms with E-state index in [2.05, 4.69) is 49.2 Å². The molecule has 0 amide bonds. The van der Waals surface area contributed by atoms with Crippen LogP contribution in [0, 0.1) is 12.3 Å². The average molecular weight is 423 g/mol. The molecule has 30 heavy (non-hydrogen) atoms. The number of anilines is 2. The summed E-state index contributed by atoms with van der Waals surface area (Å²) < 4.78 is 2.05. The summed E-state index contributed by atoms with van der Waals surface area (Å²) in [6.45, 7) is 9.87. The van der Waals surface area contributed by atoms with Gasteiger partial charge in [-0.05, 0) is 31.7 Å². The lowest BCUT2D eigenvalue weighted by Gasteiger charge is -2.37. The summed E-state index contributed by atoms with van der Waals surface area (Å²) in [6.07, 6.45) is 12.0. The number of aromatic amines is 1. The van der Waals surface area contributed by atoms with Gasteiger partial charge in [-0.25, -0.2) is 15.0 Å². The van der Waals surface area contributed by atoms with Crippen LogP contribution in [0.1, 0.15) is 37.4 Å². The first-order chi connectivity index (χ1) is 14.5. The molecule has 4 aromatic rings. The van der Waals surface area contributed by atoms with Gasteiger partial charge >= 0.3 is 0 Å². The minimum atomic E-state index is 0.390. The smallest absolute Gasteiger partial charge is 0.180 e. The number of nitrogens with zero attached hydrogens (tertiary/aromatic N) is 6. The molecule has 156 valence electrons. The summed E-state index contributed by atoms with van der Waals surface area (Å²) in [5, 5.41) is 12.5. The van der Waals surface area contributed by atoms with Gasteiger partial charge < -0.3 is 5.32 Å². The third-order valence-corrected chi connectivity index (χ3v) is 6.44. The molecule has 0 unspecified atom stereocenters. The van der Waals surface area contributed by atoms with Crippen molar-refractivity contribution in [1.29, 1.82) is 0 Å². The molecule has 2 N–H and O–H groups in total. The third kappa shape index (κ3) is 3.82. The molecule has 1 aliphatic heterocycles. The van der Waals surface area contributed by atoms with E-state index >= 15 is 0 Å². The fraction of sp³-hybridized carbons (Fsp3) is 0.429. The van der Waals surface area contributed by atoms with Crippen LogP contribution in [0.5, 0.6) is 0 Å². The number of hydrogen-bond donors (Lipinski definition) is 2. The lowest BCUT2D eigenvalue weighted by Crippen LogP contribution is -2.39. The molecule has 1 aliphatic rings. The van der Waals surface area contributed by atoms with E-state index in [1.54, 1.807) is 17.5 Å². The molecule has 8 nitrogen and oxygen atoms in total. The third-order valence-electron chi connectivity index (χ3n) is 5.54. The van der Waals surface area contributed by atoms with Crippen molar-refractivity contribution in [3.63, 3.8) is 0 Å². The highest BCUT2D eigenvalue weighted by atomic mass is 32.1. The number of rotatable bonds is 5. The molecule has 0 radical (unpaired) electrons. The van der Waals surface area contributed by atoms with E-state index in [9.17, 15) is 0 Å². The summed E-state index contributed by atoms with van der Waals surface area (Å²) in [7, 11) is 0. The Kier molecular flexibility index (Phi) is 4.79. The van der Waals surface area contributed by atoms with Crippen LogP contribution in [0.4, 0.5) is 10.8 Å². The van der Waals surface area contributed by atoms with Crippen molar-refractivity contribution in [3.8, 4) is 11.3 Å². The summed E-state index contributed by atoms with van der Waals surface area (Å²) >= 11 is 1.68. The van der Waals surface area contributed by atoms with Gasteiger partial charge in [-0.15, -0.1) is 0 Å². The monoisotopic (exact) mass is 422 g/mol. The van der Waals surface area contributed by atoms with Crippen molar-refractivity contribution < 1.29 is 0 Å². The van der Waals surface area contributed by atoms with E-state index in [4.69, 9.17) is 0 Å². The van der Waals surface area contributed by atoms with Crippen LogP contribution in [0.15, 0.2) is 31.0 Å². The van der Waals surface area contributed by atoms with E-state index in [1.807, 2.05) is 36.1 Å². The van der Waals surface area contributed by atoms with Crippen LogP contribution in [0.25, 0.3) is 16.9 Å². The number of aryl methyl sites for hydroxylation is 1. The summed E-state index contributed by atoms with van der Waals surface area (Å²) in [5.74, 6) is 0.735. The van der Waals surface area contributed by atoms with Gasteiger partial charge in [0.05, 0.1) is 36.5 Å². The van der Waals surface area contributed by atoms with Gasteiger partial charge in [0.25, 0.3) is 0 Å². The summed E-state index contributed by atoms with van der Waals surface area (Å²) in [4.78, 5) is 16.5. The molecule has 9 heteroatoms. The van der Waals surface area contributed by atoms with E-state index in [0.717, 1.165) is 58.1 Å². The van der Waals surface area contributed by atoms with Crippen molar-refractivity contribution >= 4 is 27.8 Å². The second-order valence-electron chi connectivity index (χ2n) is 8.78. The molecule has 0 spiro atoms. The zero-order valence-corrected chi connectivity index (χ0v) is 18.3. The lowest BCUT2D eigenvalue weighted by molar-refractivity contribution is 0.111. The first-order valence-corrected chi connectivity index (χ1v) is 11.1. The molecule has 5 heterocycles. The number of H-pyrrole nitrogens is 1. The maximum Gasteiger partial charge on any atom is 0.180 e. The zero-order valence-electron chi connectivity index (χ0n) is 17.5. The van der Waals surface area contributed by atoms with Crippen molar-refractivity contribution in [2.75, 3.05) is 18.4 Å². The van der Waals surface area contributed by atoms with Gasteiger partial charge in [0, 0.05) is 24.5 Å². The lowest BCUT2D eigenvalue weighted by atomic mass is 9.84. The van der Waals surface area contributed by atoms with Gasteiger partial charge in [0.1, 0.15) is 10.0 Å². The van der Waals surface area contributed by atoms with E-state index in [-0.39, 0.29) is 0 Å². The average Bonchev–Trinajstić information content (AvgIpc) is 3.41. The Morgan fingerprint density at radius 2 is 2.13 bits per heavy atom. The Balaban J connectivity index is 1.38. The van der Waals surface area contributed by atoms with Crippen LogP contribution in [-0.2, 0) is 6.54 Å². The van der Waals surface area contributed by atoms with Crippen LogP contribution >= 0.6 is 11.3 Å². The molecule has 0 aliphatic carbocycles. The highest BCUT2D eigenvalue weighted by Crippen LogP contribution is 2.31. The van der Waals surface area contributed by atoms with E-state index in [0.29, 0.717) is 5.41 Å². The Morgan fingerprint density at radius 3 is 2.93 bits per heavy atom. The maximum atomic E-state index is 4.69. The normalized spacial score (nSPS) is 16.9. The van der Waals surface area contributed by atoms with Crippen molar-refractivity contribution in [2.24, 2.45) is 5.41 Å². The largest absolute Gasteiger partial charge is 0.327 e. The fourth-order valence-corrected chi connectivity index (χ4v) is 5.09. The molecule has 0 aromatic carbocycles. The Labute approximate surface area is 179 Å².